The Hall–Kier alpha value is -0.860. The van der Waals surface area contributed by atoms with E-state index >= 15 is 0 Å². The minimum absolute atomic E-state index is 0.148. The number of hydrogen-bond acceptors (Lipinski definition) is 3. The van der Waals surface area contributed by atoms with Crippen molar-refractivity contribution in [3.63, 3.8) is 0 Å². The summed E-state index contributed by atoms with van der Waals surface area (Å²) in [4.78, 5) is 20.9. The molecule has 0 aromatic carbocycles. The van der Waals surface area contributed by atoms with Crippen molar-refractivity contribution in [2.24, 2.45) is 5.92 Å². The highest BCUT2D eigenvalue weighted by Crippen LogP contribution is 2.27. The van der Waals surface area contributed by atoms with Crippen LogP contribution in [0.4, 0.5) is 0 Å². The van der Waals surface area contributed by atoms with Crippen LogP contribution in [0, 0.1) is 5.92 Å². The van der Waals surface area contributed by atoms with Gasteiger partial charge in [0.15, 0.2) is 0 Å². The summed E-state index contributed by atoms with van der Waals surface area (Å²) >= 11 is 0. The number of rotatable bonds is 3. The Kier molecular flexibility index (Phi) is 2.63. The lowest BCUT2D eigenvalue weighted by Gasteiger charge is -2.13. The Morgan fingerprint density at radius 1 is 1.64 bits per heavy atom. The topological polar surface area (TPSA) is 43.4 Å². The zero-order valence-corrected chi connectivity index (χ0v) is 6.58. The zero-order valence-electron chi connectivity index (χ0n) is 6.58. The van der Waals surface area contributed by atoms with Gasteiger partial charge in [-0.25, -0.2) is 0 Å². The third kappa shape index (κ3) is 1.79. The number of ether oxygens (including phenoxy) is 1. The molecule has 0 aliphatic heterocycles. The normalized spacial score (nSPS) is 30.5. The molecule has 1 aliphatic carbocycles. The molecule has 2 unspecified atom stereocenters. The predicted molar refractivity (Wildman–Crippen MR) is 39.0 cm³/mol. The van der Waals surface area contributed by atoms with Crippen LogP contribution in [-0.2, 0) is 14.3 Å². The summed E-state index contributed by atoms with van der Waals surface area (Å²) in [5.74, 6) is 0.469. The molecule has 0 radical (unpaired) electrons. The average molecular weight is 156 g/mol. The molecule has 1 fully saturated rings. The first-order valence-corrected chi connectivity index (χ1v) is 3.88. The van der Waals surface area contributed by atoms with Gasteiger partial charge >= 0.3 is 0 Å². The van der Waals surface area contributed by atoms with Crippen LogP contribution < -0.4 is 0 Å². The van der Waals surface area contributed by atoms with E-state index in [4.69, 9.17) is 4.74 Å². The maximum Gasteiger partial charge on any atom is 0.293 e. The summed E-state index contributed by atoms with van der Waals surface area (Å²) < 4.78 is 4.78. The van der Waals surface area contributed by atoms with Gasteiger partial charge < -0.3 is 4.74 Å². The summed E-state index contributed by atoms with van der Waals surface area (Å²) in [7, 11) is 0. The minimum atomic E-state index is -0.148. The molecule has 3 heteroatoms. The van der Waals surface area contributed by atoms with Crippen molar-refractivity contribution in [1.82, 2.24) is 0 Å². The van der Waals surface area contributed by atoms with Crippen LogP contribution in [0.15, 0.2) is 0 Å². The molecule has 0 aromatic heterocycles. The summed E-state index contributed by atoms with van der Waals surface area (Å²) in [5, 5.41) is 0. The van der Waals surface area contributed by atoms with E-state index in [9.17, 15) is 9.59 Å². The Balaban J connectivity index is 2.49. The molecule has 11 heavy (non-hydrogen) atoms. The molecule has 3 nitrogen and oxygen atoms in total. The monoisotopic (exact) mass is 156 g/mol. The maximum absolute atomic E-state index is 10.9. The fourth-order valence-electron chi connectivity index (χ4n) is 1.54. The lowest BCUT2D eigenvalue weighted by atomic mass is 10.0. The molecular weight excluding hydrogens is 144 g/mol. The highest BCUT2D eigenvalue weighted by molar-refractivity contribution is 5.81. The number of carbonyl (C=O) groups is 2. The molecule has 62 valence electrons. The van der Waals surface area contributed by atoms with Crippen molar-refractivity contribution in [3.8, 4) is 0 Å². The Bertz CT molecular complexity index is 165. The molecule has 0 N–H and O–H groups in total. The van der Waals surface area contributed by atoms with E-state index in [1.807, 2.05) is 6.92 Å². The van der Waals surface area contributed by atoms with Crippen LogP contribution in [-0.4, -0.2) is 18.4 Å². The van der Waals surface area contributed by atoms with Crippen molar-refractivity contribution in [1.29, 1.82) is 0 Å². The predicted octanol–water partition coefficient (Wildman–Crippen LogP) is 0.917. The highest BCUT2D eigenvalue weighted by atomic mass is 16.5. The van der Waals surface area contributed by atoms with E-state index in [-0.39, 0.29) is 17.8 Å². The first-order chi connectivity index (χ1) is 5.27. The fraction of sp³-hybridized carbons (Fsp3) is 0.750. The van der Waals surface area contributed by atoms with Crippen LogP contribution in [0.25, 0.3) is 0 Å². The van der Waals surface area contributed by atoms with Gasteiger partial charge in [-0.05, 0) is 6.42 Å². The van der Waals surface area contributed by atoms with Crippen LogP contribution in [0.5, 0.6) is 0 Å². The standard InChI is InChI=1S/C8H12O3/c1-2-6-3-7(10)4-8(6)11-5-9/h5-6,8H,2-4H2,1H3. The van der Waals surface area contributed by atoms with E-state index in [1.165, 1.54) is 0 Å². The largest absolute Gasteiger partial charge is 0.464 e. The number of carbonyl (C=O) groups excluding carboxylic acids is 2. The van der Waals surface area contributed by atoms with E-state index in [0.717, 1.165) is 6.42 Å². The van der Waals surface area contributed by atoms with E-state index in [2.05, 4.69) is 0 Å². The van der Waals surface area contributed by atoms with Crippen molar-refractivity contribution in [3.05, 3.63) is 0 Å². The van der Waals surface area contributed by atoms with Gasteiger partial charge in [-0.3, -0.25) is 9.59 Å². The quantitative estimate of drug-likeness (QED) is 0.570. The highest BCUT2D eigenvalue weighted by Gasteiger charge is 2.32. The average Bonchev–Trinajstić information content (AvgIpc) is 2.32. The van der Waals surface area contributed by atoms with Gasteiger partial charge in [0.2, 0.25) is 0 Å². The summed E-state index contributed by atoms with van der Waals surface area (Å²) in [6.07, 6.45) is 1.75. The lowest BCUT2D eigenvalue weighted by molar-refractivity contribution is -0.135. The Morgan fingerprint density at radius 2 is 2.36 bits per heavy atom. The second-order valence-electron chi connectivity index (χ2n) is 2.89. The van der Waals surface area contributed by atoms with E-state index in [0.29, 0.717) is 19.3 Å². The SMILES string of the molecule is CCC1CC(=O)CC1OC=O. The van der Waals surface area contributed by atoms with Gasteiger partial charge in [-0.15, -0.1) is 0 Å². The second-order valence-corrected chi connectivity index (χ2v) is 2.89. The molecule has 0 heterocycles. The van der Waals surface area contributed by atoms with Crippen LogP contribution in [0.2, 0.25) is 0 Å². The van der Waals surface area contributed by atoms with Crippen molar-refractivity contribution >= 4 is 12.3 Å². The fourth-order valence-corrected chi connectivity index (χ4v) is 1.54. The van der Waals surface area contributed by atoms with Gasteiger partial charge in [0.1, 0.15) is 11.9 Å². The third-order valence-corrected chi connectivity index (χ3v) is 2.20. The molecule has 0 spiro atoms. The molecule has 0 saturated heterocycles. The maximum atomic E-state index is 10.9. The lowest BCUT2D eigenvalue weighted by Crippen LogP contribution is -2.16. The zero-order chi connectivity index (χ0) is 8.27. The van der Waals surface area contributed by atoms with Gasteiger partial charge in [-0.2, -0.15) is 0 Å². The van der Waals surface area contributed by atoms with Crippen LogP contribution in [0.1, 0.15) is 26.2 Å². The van der Waals surface area contributed by atoms with E-state index < -0.39 is 0 Å². The van der Waals surface area contributed by atoms with E-state index in [1.54, 1.807) is 0 Å². The van der Waals surface area contributed by atoms with Gasteiger partial charge in [0, 0.05) is 18.8 Å². The second kappa shape index (κ2) is 3.51. The van der Waals surface area contributed by atoms with Crippen LogP contribution >= 0.6 is 0 Å². The number of hydrogen-bond donors (Lipinski definition) is 0. The van der Waals surface area contributed by atoms with Crippen molar-refractivity contribution in [2.45, 2.75) is 32.3 Å². The Morgan fingerprint density at radius 3 is 2.91 bits per heavy atom. The number of ketones is 1. The minimum Gasteiger partial charge on any atom is -0.464 e. The van der Waals surface area contributed by atoms with Gasteiger partial charge in [0.25, 0.3) is 6.47 Å². The smallest absolute Gasteiger partial charge is 0.293 e. The van der Waals surface area contributed by atoms with Gasteiger partial charge in [0.05, 0.1) is 0 Å². The van der Waals surface area contributed by atoms with Crippen molar-refractivity contribution < 1.29 is 14.3 Å². The molecule has 0 aromatic rings. The Labute approximate surface area is 65.7 Å². The summed E-state index contributed by atoms with van der Waals surface area (Å²) in [6.45, 7) is 2.44. The van der Waals surface area contributed by atoms with Gasteiger partial charge in [-0.1, -0.05) is 6.92 Å². The molecular formula is C8H12O3. The molecule has 1 aliphatic rings. The summed E-state index contributed by atoms with van der Waals surface area (Å²) in [5.41, 5.74) is 0. The first kappa shape index (κ1) is 8.24. The molecule has 2 atom stereocenters. The molecule has 1 rings (SSSR count). The van der Waals surface area contributed by atoms with Crippen LogP contribution in [0.3, 0.4) is 0 Å². The summed E-state index contributed by atoms with van der Waals surface area (Å²) in [6, 6.07) is 0. The molecule has 1 saturated carbocycles. The van der Waals surface area contributed by atoms with Crippen molar-refractivity contribution in [2.75, 3.05) is 0 Å². The number of Topliss-reactive ketones (excluding diaryl/α,β-unsaturated/α-hetero) is 1. The first-order valence-electron chi connectivity index (χ1n) is 3.88. The molecule has 0 amide bonds. The third-order valence-electron chi connectivity index (χ3n) is 2.20. The molecule has 0 bridgehead atoms.